The third-order valence-corrected chi connectivity index (χ3v) is 4.31. The summed E-state index contributed by atoms with van der Waals surface area (Å²) in [5, 5.41) is 3.44. The van der Waals surface area contributed by atoms with Gasteiger partial charge in [-0.3, -0.25) is 0 Å². The normalized spacial score (nSPS) is 23.7. The molecular weight excluding hydrogens is 314 g/mol. The number of hydrogen-bond donors (Lipinski definition) is 1. The van der Waals surface area contributed by atoms with Gasteiger partial charge in [-0.15, -0.1) is 0 Å². The van der Waals surface area contributed by atoms with Crippen molar-refractivity contribution in [2.75, 3.05) is 24.5 Å². The van der Waals surface area contributed by atoms with E-state index in [4.69, 9.17) is 0 Å². The number of anilines is 1. The lowest BCUT2D eigenvalue weighted by atomic mass is 9.93. The molecule has 1 aliphatic heterocycles. The van der Waals surface area contributed by atoms with E-state index in [1.807, 2.05) is 4.90 Å². The minimum Gasteiger partial charge on any atom is -0.369 e. The van der Waals surface area contributed by atoms with E-state index in [1.54, 1.807) is 0 Å². The first-order valence-electron chi connectivity index (χ1n) is 6.65. The average Bonchev–Trinajstić information content (AvgIpc) is 2.36. The Bertz CT molecular complexity index is 453. The Balaban J connectivity index is 2.14. The maximum absolute atomic E-state index is 13.9. The minimum atomic E-state index is -0.419. The number of rotatable bonds is 3. The molecule has 106 valence electrons. The van der Waals surface area contributed by atoms with E-state index in [0.29, 0.717) is 17.6 Å². The van der Waals surface area contributed by atoms with E-state index in [0.717, 1.165) is 26.1 Å². The van der Waals surface area contributed by atoms with E-state index < -0.39 is 5.82 Å². The number of nitrogens with one attached hydrogen (secondary N) is 1. The molecule has 19 heavy (non-hydrogen) atoms. The summed E-state index contributed by atoms with van der Waals surface area (Å²) in [7, 11) is 0. The second-order valence-corrected chi connectivity index (χ2v) is 5.95. The van der Waals surface area contributed by atoms with Crippen molar-refractivity contribution in [1.29, 1.82) is 0 Å². The molecule has 0 aliphatic carbocycles. The Morgan fingerprint density at radius 3 is 2.74 bits per heavy atom. The third-order valence-electron chi connectivity index (χ3n) is 3.70. The van der Waals surface area contributed by atoms with Crippen LogP contribution in [0.1, 0.15) is 20.3 Å². The van der Waals surface area contributed by atoms with Crippen molar-refractivity contribution in [3.8, 4) is 0 Å². The van der Waals surface area contributed by atoms with Crippen LogP contribution in [-0.2, 0) is 0 Å². The lowest BCUT2D eigenvalue weighted by molar-refractivity contribution is 0.325. The summed E-state index contributed by atoms with van der Waals surface area (Å²) >= 11 is 3.00. The standard InChI is InChI=1S/C14H19BrF2N2/c1-3-18-13-4-5-19(8-9(13)2)14-7-11(16)10(15)6-12(14)17/h6-7,9,13,18H,3-5,8H2,1-2H3. The SMILES string of the molecule is CCNC1CCN(c2cc(F)c(Br)cc2F)CC1C. The molecule has 1 aromatic carbocycles. The number of benzene rings is 1. The van der Waals surface area contributed by atoms with Gasteiger partial charge in [0.05, 0.1) is 10.2 Å². The lowest BCUT2D eigenvalue weighted by Crippen LogP contribution is -2.48. The Morgan fingerprint density at radius 1 is 1.37 bits per heavy atom. The van der Waals surface area contributed by atoms with Crippen LogP contribution in [0, 0.1) is 17.6 Å². The largest absolute Gasteiger partial charge is 0.369 e. The fraction of sp³-hybridized carbons (Fsp3) is 0.571. The molecule has 2 rings (SSSR count). The summed E-state index contributed by atoms with van der Waals surface area (Å²) in [6.07, 6.45) is 0.951. The molecule has 0 radical (unpaired) electrons. The molecule has 1 saturated heterocycles. The maximum Gasteiger partial charge on any atom is 0.147 e. The summed E-state index contributed by atoms with van der Waals surface area (Å²) in [6.45, 7) is 6.67. The Hall–Kier alpha value is -0.680. The molecule has 1 aromatic rings. The second-order valence-electron chi connectivity index (χ2n) is 5.09. The Morgan fingerprint density at radius 2 is 2.11 bits per heavy atom. The molecular formula is C14H19BrF2N2. The number of nitrogens with zero attached hydrogens (tertiary/aromatic N) is 1. The van der Waals surface area contributed by atoms with Gasteiger partial charge in [0.25, 0.3) is 0 Å². The van der Waals surface area contributed by atoms with Crippen LogP contribution in [0.5, 0.6) is 0 Å². The minimum absolute atomic E-state index is 0.171. The predicted octanol–water partition coefficient (Wildman–Crippen LogP) is 3.55. The van der Waals surface area contributed by atoms with E-state index >= 15 is 0 Å². The lowest BCUT2D eigenvalue weighted by Gasteiger charge is -2.38. The van der Waals surface area contributed by atoms with Gasteiger partial charge in [0, 0.05) is 25.2 Å². The molecule has 0 amide bonds. The van der Waals surface area contributed by atoms with E-state index in [2.05, 4.69) is 35.1 Å². The molecule has 0 aromatic heterocycles. The van der Waals surface area contributed by atoms with Crippen LogP contribution < -0.4 is 10.2 Å². The van der Waals surface area contributed by atoms with Crippen molar-refractivity contribution in [3.05, 3.63) is 28.2 Å². The molecule has 0 spiro atoms. The summed E-state index contributed by atoms with van der Waals surface area (Å²) in [5.41, 5.74) is 0.363. The van der Waals surface area contributed by atoms with Crippen molar-refractivity contribution in [3.63, 3.8) is 0 Å². The van der Waals surface area contributed by atoms with Gasteiger partial charge >= 0.3 is 0 Å². The molecule has 2 unspecified atom stereocenters. The number of piperidine rings is 1. The van der Waals surface area contributed by atoms with Gasteiger partial charge in [0.2, 0.25) is 0 Å². The van der Waals surface area contributed by atoms with Crippen LogP contribution in [0.25, 0.3) is 0 Å². The molecule has 1 aliphatic rings. The Kier molecular flexibility index (Phi) is 4.79. The molecule has 1 N–H and O–H groups in total. The highest BCUT2D eigenvalue weighted by molar-refractivity contribution is 9.10. The molecule has 0 bridgehead atoms. The zero-order valence-electron chi connectivity index (χ0n) is 11.2. The van der Waals surface area contributed by atoms with E-state index in [-0.39, 0.29) is 10.3 Å². The first-order chi connectivity index (χ1) is 9.02. The first kappa shape index (κ1) is 14.7. The van der Waals surface area contributed by atoms with Crippen molar-refractivity contribution in [2.24, 2.45) is 5.92 Å². The fourth-order valence-electron chi connectivity index (χ4n) is 2.68. The van der Waals surface area contributed by atoms with Crippen LogP contribution in [-0.4, -0.2) is 25.7 Å². The van der Waals surface area contributed by atoms with Gasteiger partial charge in [-0.1, -0.05) is 13.8 Å². The highest BCUT2D eigenvalue weighted by atomic mass is 79.9. The van der Waals surface area contributed by atoms with Crippen LogP contribution >= 0.6 is 15.9 Å². The van der Waals surface area contributed by atoms with Gasteiger partial charge in [0.1, 0.15) is 11.6 Å². The van der Waals surface area contributed by atoms with E-state index in [1.165, 1.54) is 12.1 Å². The monoisotopic (exact) mass is 332 g/mol. The highest BCUT2D eigenvalue weighted by Gasteiger charge is 2.27. The van der Waals surface area contributed by atoms with Crippen molar-refractivity contribution in [1.82, 2.24) is 5.32 Å². The Labute approximate surface area is 121 Å². The average molecular weight is 333 g/mol. The van der Waals surface area contributed by atoms with Crippen LogP contribution in [0.15, 0.2) is 16.6 Å². The smallest absolute Gasteiger partial charge is 0.147 e. The molecule has 1 heterocycles. The fourth-order valence-corrected chi connectivity index (χ4v) is 3.00. The summed E-state index contributed by atoms with van der Waals surface area (Å²) in [6, 6.07) is 2.94. The number of halogens is 3. The summed E-state index contributed by atoms with van der Waals surface area (Å²) in [5.74, 6) is -0.375. The van der Waals surface area contributed by atoms with Crippen LogP contribution in [0.2, 0.25) is 0 Å². The topological polar surface area (TPSA) is 15.3 Å². The third kappa shape index (κ3) is 3.26. The van der Waals surface area contributed by atoms with Crippen LogP contribution in [0.4, 0.5) is 14.5 Å². The second kappa shape index (κ2) is 6.18. The molecule has 5 heteroatoms. The zero-order valence-corrected chi connectivity index (χ0v) is 12.8. The van der Waals surface area contributed by atoms with Gasteiger partial charge in [-0.2, -0.15) is 0 Å². The van der Waals surface area contributed by atoms with Gasteiger partial charge < -0.3 is 10.2 Å². The quantitative estimate of drug-likeness (QED) is 0.851. The molecule has 2 atom stereocenters. The van der Waals surface area contributed by atoms with Crippen LogP contribution in [0.3, 0.4) is 0 Å². The molecule has 1 fully saturated rings. The highest BCUT2D eigenvalue weighted by Crippen LogP contribution is 2.29. The zero-order chi connectivity index (χ0) is 14.0. The van der Waals surface area contributed by atoms with Gasteiger partial charge in [-0.05, 0) is 40.9 Å². The maximum atomic E-state index is 13.9. The molecule has 0 saturated carbocycles. The van der Waals surface area contributed by atoms with Crippen molar-refractivity contribution >= 4 is 21.6 Å². The summed E-state index contributed by atoms with van der Waals surface area (Å²) < 4.78 is 27.7. The molecule has 2 nitrogen and oxygen atoms in total. The number of hydrogen-bond acceptors (Lipinski definition) is 2. The predicted molar refractivity (Wildman–Crippen MR) is 77.5 cm³/mol. The van der Waals surface area contributed by atoms with Crippen molar-refractivity contribution < 1.29 is 8.78 Å². The van der Waals surface area contributed by atoms with E-state index in [9.17, 15) is 8.78 Å². The van der Waals surface area contributed by atoms with Gasteiger partial charge in [-0.25, -0.2) is 8.78 Å². The first-order valence-corrected chi connectivity index (χ1v) is 7.45. The van der Waals surface area contributed by atoms with Gasteiger partial charge in [0.15, 0.2) is 0 Å². The van der Waals surface area contributed by atoms with Crippen molar-refractivity contribution in [2.45, 2.75) is 26.3 Å². The summed E-state index contributed by atoms with van der Waals surface area (Å²) in [4.78, 5) is 1.93.